The first-order chi connectivity index (χ1) is 31.8. The topological polar surface area (TPSA) is 72.3 Å². The Morgan fingerprint density at radius 2 is 0.866 bits per heavy atom. The van der Waals surface area contributed by atoms with Gasteiger partial charge in [-0.2, -0.15) is 44.8 Å². The van der Waals surface area contributed by atoms with E-state index in [1.807, 2.05) is 51.6 Å². The van der Waals surface area contributed by atoms with E-state index in [4.69, 9.17) is 0 Å². The minimum absolute atomic E-state index is 0.0603. The van der Waals surface area contributed by atoms with Gasteiger partial charge in [-0.15, -0.1) is 0 Å². The largest absolute Gasteiger partial charge is 0.416 e. The Balaban J connectivity index is 1.33. The van der Waals surface area contributed by atoms with Crippen LogP contribution in [0.25, 0.3) is 88.6 Å². The lowest BCUT2D eigenvalue weighted by atomic mass is 9.98. The van der Waals surface area contributed by atoms with Crippen molar-refractivity contribution in [3.05, 3.63) is 173 Å². The highest BCUT2D eigenvalue weighted by Crippen LogP contribution is 2.44. The highest BCUT2D eigenvalue weighted by Gasteiger charge is 2.37. The van der Waals surface area contributed by atoms with Crippen LogP contribution in [0.2, 0.25) is 0 Å². The minimum Gasteiger partial charge on any atom is -0.307 e. The average Bonchev–Trinajstić information content (AvgIpc) is 3.79. The highest BCUT2D eigenvalue weighted by molar-refractivity contribution is 6.13. The van der Waals surface area contributed by atoms with Crippen LogP contribution in [-0.4, -0.2) is 24.1 Å². The molecule has 0 saturated heterocycles. The van der Waals surface area contributed by atoms with Crippen molar-refractivity contribution in [2.45, 2.75) is 39.3 Å². The number of nitrogens with zero attached hydrogens (tertiary/aromatic N) is 6. The monoisotopic (exact) mass is 910 g/mol. The van der Waals surface area contributed by atoms with Gasteiger partial charge in [0.05, 0.1) is 61.8 Å². The lowest BCUT2D eigenvalue weighted by Gasteiger charge is -2.20. The molecular formula is C52H31F9N6. The lowest BCUT2D eigenvalue weighted by Crippen LogP contribution is -2.11. The summed E-state index contributed by atoms with van der Waals surface area (Å²) in [6.45, 7) is 4.93. The summed E-state index contributed by atoms with van der Waals surface area (Å²) in [4.78, 5) is 13.5. The van der Waals surface area contributed by atoms with E-state index >= 15 is 0 Å². The normalized spacial score (nSPS) is 12.5. The van der Waals surface area contributed by atoms with Crippen LogP contribution in [0.4, 0.5) is 39.5 Å². The molecule has 0 spiro atoms. The molecule has 3 heterocycles. The lowest BCUT2D eigenvalue weighted by molar-refractivity contribution is -0.143. The number of aromatic nitrogens is 5. The maximum Gasteiger partial charge on any atom is 0.416 e. The molecule has 15 heteroatoms. The number of halogens is 9. The summed E-state index contributed by atoms with van der Waals surface area (Å²) in [6.07, 6.45) is -14.8. The third-order valence-corrected chi connectivity index (χ3v) is 11.8. The Bertz CT molecular complexity index is 3670. The van der Waals surface area contributed by atoms with E-state index in [0.717, 1.165) is 22.9 Å². The SMILES string of the molecule is Cc1cc(-c2ccc3c4ccccc4n(-c4cc(C#N)c(-c5nc(C)nc(C)n5)cc4-n4c5ccccc5c5ccc(-c6cc(C(F)(F)F)cc(C(F)(F)F)c6)cc54)c3c2)cc(C(F)(F)F)c1. The molecular weight excluding hydrogens is 880 g/mol. The number of fused-ring (bicyclic) bond motifs is 6. The third-order valence-electron chi connectivity index (χ3n) is 11.8. The van der Waals surface area contributed by atoms with Crippen LogP contribution in [-0.2, 0) is 18.5 Å². The molecule has 0 N–H and O–H groups in total. The molecule has 0 unspecified atom stereocenters. The molecule has 0 fully saturated rings. The van der Waals surface area contributed by atoms with Gasteiger partial charge in [0.15, 0.2) is 5.82 Å². The molecule has 0 atom stereocenters. The molecule has 10 aromatic rings. The van der Waals surface area contributed by atoms with Crippen molar-refractivity contribution in [3.8, 4) is 51.1 Å². The molecule has 0 bridgehead atoms. The van der Waals surface area contributed by atoms with Gasteiger partial charge in [0.2, 0.25) is 0 Å². The van der Waals surface area contributed by atoms with E-state index in [1.165, 1.54) is 12.1 Å². The van der Waals surface area contributed by atoms with Gasteiger partial charge in [-0.25, -0.2) is 15.0 Å². The Hall–Kier alpha value is -7.99. The van der Waals surface area contributed by atoms with Gasteiger partial charge in [-0.3, -0.25) is 0 Å². The van der Waals surface area contributed by atoms with E-state index in [0.29, 0.717) is 90.2 Å². The van der Waals surface area contributed by atoms with Crippen LogP contribution in [0.15, 0.2) is 133 Å². The molecule has 67 heavy (non-hydrogen) atoms. The van der Waals surface area contributed by atoms with Crippen LogP contribution in [0.5, 0.6) is 0 Å². The molecule has 10 rings (SSSR count). The molecule has 7 aromatic carbocycles. The number of alkyl halides is 9. The second-order valence-electron chi connectivity index (χ2n) is 16.3. The van der Waals surface area contributed by atoms with Gasteiger partial charge in [0, 0.05) is 27.1 Å². The van der Waals surface area contributed by atoms with Crippen LogP contribution in [0.1, 0.15) is 39.5 Å². The zero-order chi connectivity index (χ0) is 47.3. The van der Waals surface area contributed by atoms with E-state index in [2.05, 4.69) is 21.0 Å². The fraction of sp³-hybridized carbons (Fsp3) is 0.115. The zero-order valence-corrected chi connectivity index (χ0v) is 35.3. The summed E-state index contributed by atoms with van der Waals surface area (Å²) < 4.78 is 131. The summed E-state index contributed by atoms with van der Waals surface area (Å²) >= 11 is 0. The van der Waals surface area contributed by atoms with Gasteiger partial charge in [-0.1, -0.05) is 66.7 Å². The Morgan fingerprint density at radius 1 is 0.433 bits per heavy atom. The highest BCUT2D eigenvalue weighted by atomic mass is 19.4. The van der Waals surface area contributed by atoms with Crippen molar-refractivity contribution in [1.29, 1.82) is 5.26 Å². The molecule has 0 aliphatic rings. The molecule has 0 amide bonds. The molecule has 0 radical (unpaired) electrons. The zero-order valence-electron chi connectivity index (χ0n) is 35.3. The van der Waals surface area contributed by atoms with Crippen molar-refractivity contribution < 1.29 is 39.5 Å². The molecule has 6 nitrogen and oxygen atoms in total. The van der Waals surface area contributed by atoms with E-state index in [1.54, 1.807) is 69.3 Å². The van der Waals surface area contributed by atoms with Crippen LogP contribution in [0.3, 0.4) is 0 Å². The molecule has 332 valence electrons. The van der Waals surface area contributed by atoms with Crippen LogP contribution >= 0.6 is 0 Å². The molecule has 0 saturated carbocycles. The number of para-hydroxylation sites is 2. The van der Waals surface area contributed by atoms with E-state index in [-0.39, 0.29) is 28.6 Å². The second kappa shape index (κ2) is 15.3. The van der Waals surface area contributed by atoms with Crippen LogP contribution < -0.4 is 0 Å². The molecule has 3 aromatic heterocycles. The number of rotatable bonds is 5. The summed E-state index contributed by atoms with van der Waals surface area (Å²) in [5, 5.41) is 13.7. The van der Waals surface area contributed by atoms with Crippen LogP contribution in [0, 0.1) is 32.1 Å². The molecule has 0 aliphatic carbocycles. The van der Waals surface area contributed by atoms with E-state index in [9.17, 15) is 44.8 Å². The summed E-state index contributed by atoms with van der Waals surface area (Å²) in [6, 6.07) is 35.6. The number of hydrogen-bond acceptors (Lipinski definition) is 4. The molecule has 0 aliphatic heterocycles. The Labute approximate surface area is 374 Å². The maximum atomic E-state index is 14.2. The Morgan fingerprint density at radius 3 is 1.34 bits per heavy atom. The average molecular weight is 911 g/mol. The fourth-order valence-corrected chi connectivity index (χ4v) is 9.00. The third kappa shape index (κ3) is 7.48. The van der Waals surface area contributed by atoms with Crippen molar-refractivity contribution in [2.24, 2.45) is 0 Å². The van der Waals surface area contributed by atoms with Gasteiger partial charge in [0.1, 0.15) is 11.6 Å². The number of hydrogen-bond donors (Lipinski definition) is 0. The summed E-state index contributed by atoms with van der Waals surface area (Å²) in [7, 11) is 0. The van der Waals surface area contributed by atoms with Gasteiger partial charge >= 0.3 is 18.5 Å². The summed E-state index contributed by atoms with van der Waals surface area (Å²) in [5.74, 6) is 0.916. The smallest absolute Gasteiger partial charge is 0.307 e. The van der Waals surface area contributed by atoms with Crippen molar-refractivity contribution >= 4 is 43.6 Å². The number of nitriles is 1. The fourth-order valence-electron chi connectivity index (χ4n) is 9.00. The predicted molar refractivity (Wildman–Crippen MR) is 239 cm³/mol. The first kappa shape index (κ1) is 42.9. The summed E-state index contributed by atoms with van der Waals surface area (Å²) in [5.41, 5.74) is 0.627. The predicted octanol–water partition coefficient (Wildman–Crippen LogP) is 14.9. The van der Waals surface area contributed by atoms with Crippen molar-refractivity contribution in [2.75, 3.05) is 0 Å². The minimum atomic E-state index is -5.09. The maximum absolute atomic E-state index is 14.2. The number of benzene rings is 7. The first-order valence-corrected chi connectivity index (χ1v) is 20.6. The quantitative estimate of drug-likeness (QED) is 0.161. The first-order valence-electron chi connectivity index (χ1n) is 20.6. The Kier molecular flexibility index (Phi) is 9.80. The number of aryl methyl sites for hydroxylation is 3. The van der Waals surface area contributed by atoms with Gasteiger partial charge in [0.25, 0.3) is 0 Å². The van der Waals surface area contributed by atoms with Crippen molar-refractivity contribution in [3.63, 3.8) is 0 Å². The van der Waals surface area contributed by atoms with Gasteiger partial charge < -0.3 is 9.13 Å². The van der Waals surface area contributed by atoms with Gasteiger partial charge in [-0.05, 0) is 115 Å². The standard InChI is InChI=1S/C52H31F9N6/c1-27-16-32(18-35(17-27)50(53,54)55)30-12-14-40-38-8-4-6-10-43(38)66(45(40)21-30)47-23-34(26-62)42(49-64-28(2)63-29(3)65-49)25-48(47)67-44-11-7-5-9-39(44)41-15-13-31(22-46(41)67)33-19-36(51(56,57)58)24-37(20-33)52(59,60)61/h4-25H,1-3H3. The van der Waals surface area contributed by atoms with E-state index < -0.39 is 35.2 Å². The second-order valence-corrected chi connectivity index (χ2v) is 16.3. The van der Waals surface area contributed by atoms with Crippen molar-refractivity contribution in [1.82, 2.24) is 24.1 Å².